The number of phenols is 1. The molecule has 0 saturated heterocycles. The lowest BCUT2D eigenvalue weighted by atomic mass is 9.91. The van der Waals surface area contributed by atoms with Gasteiger partial charge in [0, 0.05) is 28.6 Å². The van der Waals surface area contributed by atoms with Crippen LogP contribution in [0.3, 0.4) is 0 Å². The van der Waals surface area contributed by atoms with E-state index in [-0.39, 0.29) is 5.75 Å². The number of aromatic nitrogens is 1. The van der Waals surface area contributed by atoms with Gasteiger partial charge in [-0.2, -0.15) is 5.10 Å². The van der Waals surface area contributed by atoms with Gasteiger partial charge in [-0.25, -0.2) is 4.68 Å². The minimum absolute atomic E-state index is 0.238. The molecule has 0 radical (unpaired) electrons. The van der Waals surface area contributed by atoms with Gasteiger partial charge in [0.1, 0.15) is 5.75 Å². The van der Waals surface area contributed by atoms with Gasteiger partial charge in [-0.05, 0) is 52.7 Å². The van der Waals surface area contributed by atoms with Crippen LogP contribution in [0, 0.1) is 6.92 Å². The third-order valence-corrected chi connectivity index (χ3v) is 5.36. The molecule has 3 nitrogen and oxygen atoms in total. The molecule has 0 spiro atoms. The van der Waals surface area contributed by atoms with Crippen molar-refractivity contribution < 1.29 is 5.11 Å². The number of hydrogen-bond donors (Lipinski definition) is 1. The molecule has 4 aromatic carbocycles. The number of aryl methyl sites for hydroxylation is 1. The van der Waals surface area contributed by atoms with Gasteiger partial charge in [0.05, 0.1) is 6.21 Å². The Morgan fingerprint density at radius 2 is 1.48 bits per heavy atom. The first-order chi connectivity index (χ1) is 14.2. The number of benzene rings is 4. The van der Waals surface area contributed by atoms with Crippen molar-refractivity contribution in [3.05, 3.63) is 102 Å². The molecule has 0 saturated carbocycles. The topological polar surface area (TPSA) is 37.5 Å². The number of aromatic hydroxyl groups is 1. The number of nitrogens with zero attached hydrogens (tertiary/aromatic N) is 2. The lowest BCUT2D eigenvalue weighted by Gasteiger charge is -2.14. The molecule has 29 heavy (non-hydrogen) atoms. The minimum Gasteiger partial charge on any atom is -0.507 e. The van der Waals surface area contributed by atoms with Crippen molar-refractivity contribution in [1.82, 2.24) is 4.68 Å². The molecule has 0 unspecified atom stereocenters. The summed E-state index contributed by atoms with van der Waals surface area (Å²) in [5, 5.41) is 20.2. The second kappa shape index (κ2) is 6.95. The highest BCUT2D eigenvalue weighted by molar-refractivity contribution is 6.14. The fourth-order valence-corrected chi connectivity index (χ4v) is 3.88. The van der Waals surface area contributed by atoms with Crippen LogP contribution in [-0.2, 0) is 0 Å². The maximum atomic E-state index is 11.2. The molecule has 1 aromatic heterocycles. The first kappa shape index (κ1) is 17.3. The van der Waals surface area contributed by atoms with Crippen molar-refractivity contribution in [2.45, 2.75) is 6.92 Å². The van der Waals surface area contributed by atoms with Crippen molar-refractivity contribution >= 4 is 27.8 Å². The Hall–Kier alpha value is -3.85. The smallest absolute Gasteiger partial charge is 0.132 e. The third-order valence-electron chi connectivity index (χ3n) is 5.36. The van der Waals surface area contributed by atoms with Crippen LogP contribution in [0.5, 0.6) is 5.75 Å². The fraction of sp³-hybridized carbons (Fsp3) is 0.0385. The molecular formula is C26H20N2O. The first-order valence-corrected chi connectivity index (χ1v) is 9.63. The highest BCUT2D eigenvalue weighted by Gasteiger charge is 2.14. The van der Waals surface area contributed by atoms with E-state index in [9.17, 15) is 5.11 Å². The molecule has 1 N–H and O–H groups in total. The molecule has 0 aliphatic heterocycles. The van der Waals surface area contributed by atoms with Crippen molar-refractivity contribution in [2.75, 3.05) is 0 Å². The van der Waals surface area contributed by atoms with Gasteiger partial charge in [0.2, 0.25) is 0 Å². The van der Waals surface area contributed by atoms with Crippen LogP contribution < -0.4 is 0 Å². The normalized spacial score (nSPS) is 11.6. The number of phenolic OH excluding ortho intramolecular Hbond substituents is 1. The van der Waals surface area contributed by atoms with Gasteiger partial charge < -0.3 is 5.11 Å². The molecule has 1 heterocycles. The molecule has 5 aromatic rings. The number of fused-ring (bicyclic) bond motifs is 2. The predicted molar refractivity (Wildman–Crippen MR) is 121 cm³/mol. The summed E-state index contributed by atoms with van der Waals surface area (Å²) in [6.45, 7) is 2.00. The summed E-state index contributed by atoms with van der Waals surface area (Å²) in [6.07, 6.45) is 3.60. The van der Waals surface area contributed by atoms with E-state index in [1.54, 1.807) is 10.9 Å². The Labute approximate surface area is 169 Å². The molecule has 0 aliphatic carbocycles. The standard InChI is InChI=1S/C26H20N2O/c1-18-8-7-15-28(18)27-17-21-11-6-14-24(26(21)29)25-22-12-4-2-9-19(22)16-20-10-3-5-13-23(20)25/h2-17,29H,1H3. The van der Waals surface area contributed by atoms with Crippen molar-refractivity contribution in [3.8, 4) is 16.9 Å². The largest absolute Gasteiger partial charge is 0.507 e. The Balaban J connectivity index is 1.75. The highest BCUT2D eigenvalue weighted by Crippen LogP contribution is 2.41. The summed E-state index contributed by atoms with van der Waals surface area (Å²) in [7, 11) is 0. The first-order valence-electron chi connectivity index (χ1n) is 9.63. The SMILES string of the molecule is Cc1cccn1N=Cc1cccc(-c2c3ccccc3cc3ccccc23)c1O. The van der Waals surface area contributed by atoms with Crippen LogP contribution in [0.1, 0.15) is 11.3 Å². The van der Waals surface area contributed by atoms with Gasteiger partial charge in [0.15, 0.2) is 0 Å². The maximum Gasteiger partial charge on any atom is 0.132 e. The van der Waals surface area contributed by atoms with E-state index in [0.29, 0.717) is 5.56 Å². The van der Waals surface area contributed by atoms with Crippen LogP contribution in [-0.4, -0.2) is 16.0 Å². The minimum atomic E-state index is 0.238. The van der Waals surface area contributed by atoms with Gasteiger partial charge in [-0.3, -0.25) is 0 Å². The molecule has 0 fully saturated rings. The van der Waals surface area contributed by atoms with Gasteiger partial charge in [-0.1, -0.05) is 60.7 Å². The van der Waals surface area contributed by atoms with Crippen LogP contribution >= 0.6 is 0 Å². The average molecular weight is 376 g/mol. The summed E-state index contributed by atoms with van der Waals surface area (Å²) in [4.78, 5) is 0. The molecule has 0 amide bonds. The zero-order valence-electron chi connectivity index (χ0n) is 16.1. The van der Waals surface area contributed by atoms with E-state index in [4.69, 9.17) is 0 Å². The van der Waals surface area contributed by atoms with Crippen molar-refractivity contribution in [1.29, 1.82) is 0 Å². The molecule has 5 rings (SSSR count). The Morgan fingerprint density at radius 3 is 2.14 bits per heavy atom. The lowest BCUT2D eigenvalue weighted by molar-refractivity contribution is 0.476. The molecule has 140 valence electrons. The van der Waals surface area contributed by atoms with Crippen molar-refractivity contribution in [3.63, 3.8) is 0 Å². The summed E-state index contributed by atoms with van der Waals surface area (Å²) in [6, 6.07) is 28.6. The zero-order chi connectivity index (χ0) is 19.8. The third kappa shape index (κ3) is 2.97. The second-order valence-corrected chi connectivity index (χ2v) is 7.18. The summed E-state index contributed by atoms with van der Waals surface area (Å²) in [5.41, 5.74) is 3.58. The number of para-hydroxylation sites is 1. The maximum absolute atomic E-state index is 11.2. The molecule has 0 atom stereocenters. The summed E-state index contributed by atoms with van der Waals surface area (Å²) < 4.78 is 1.79. The summed E-state index contributed by atoms with van der Waals surface area (Å²) >= 11 is 0. The Kier molecular flexibility index (Phi) is 4.14. The predicted octanol–water partition coefficient (Wildman–Crippen LogP) is 6.36. The van der Waals surface area contributed by atoms with Crippen LogP contribution in [0.25, 0.3) is 32.7 Å². The van der Waals surface area contributed by atoms with E-state index in [1.807, 2.05) is 67.7 Å². The number of rotatable bonds is 3. The van der Waals surface area contributed by atoms with E-state index >= 15 is 0 Å². The van der Waals surface area contributed by atoms with Crippen LogP contribution in [0.15, 0.2) is 96.2 Å². The van der Waals surface area contributed by atoms with Crippen LogP contribution in [0.4, 0.5) is 0 Å². The Morgan fingerprint density at radius 1 is 0.793 bits per heavy atom. The van der Waals surface area contributed by atoms with E-state index in [0.717, 1.165) is 38.4 Å². The van der Waals surface area contributed by atoms with Crippen molar-refractivity contribution in [2.24, 2.45) is 5.10 Å². The monoisotopic (exact) mass is 376 g/mol. The van der Waals surface area contributed by atoms with Gasteiger partial charge in [-0.15, -0.1) is 0 Å². The number of hydrogen-bond acceptors (Lipinski definition) is 2. The van der Waals surface area contributed by atoms with E-state index in [1.165, 1.54) is 0 Å². The Bertz CT molecular complexity index is 1320. The molecule has 3 heteroatoms. The highest BCUT2D eigenvalue weighted by atomic mass is 16.3. The van der Waals surface area contributed by atoms with E-state index < -0.39 is 0 Å². The lowest BCUT2D eigenvalue weighted by Crippen LogP contribution is -1.93. The molecule has 0 bridgehead atoms. The average Bonchev–Trinajstić information content (AvgIpc) is 3.16. The van der Waals surface area contributed by atoms with E-state index in [2.05, 4.69) is 35.4 Å². The van der Waals surface area contributed by atoms with Gasteiger partial charge >= 0.3 is 0 Å². The fourth-order valence-electron chi connectivity index (χ4n) is 3.88. The molecular weight excluding hydrogens is 356 g/mol. The quantitative estimate of drug-likeness (QED) is 0.289. The van der Waals surface area contributed by atoms with Gasteiger partial charge in [0.25, 0.3) is 0 Å². The molecule has 0 aliphatic rings. The second-order valence-electron chi connectivity index (χ2n) is 7.18. The summed E-state index contributed by atoms with van der Waals surface area (Å²) in [5.74, 6) is 0.238. The van der Waals surface area contributed by atoms with Crippen LogP contribution in [0.2, 0.25) is 0 Å². The zero-order valence-corrected chi connectivity index (χ0v) is 16.1.